The number of halogens is 1. The maximum absolute atomic E-state index is 13.1. The van der Waals surface area contributed by atoms with E-state index < -0.39 is 22.0 Å². The Kier molecular flexibility index (Phi) is 6.26. The van der Waals surface area contributed by atoms with Crippen LogP contribution in [0.2, 0.25) is 5.02 Å². The third-order valence-electron chi connectivity index (χ3n) is 4.80. The number of anilines is 2. The van der Waals surface area contributed by atoms with E-state index in [0.29, 0.717) is 16.4 Å². The summed E-state index contributed by atoms with van der Waals surface area (Å²) >= 11 is 7.27. The summed E-state index contributed by atoms with van der Waals surface area (Å²) in [6.07, 6.45) is 1.31. The zero-order chi connectivity index (χ0) is 22.2. The highest BCUT2D eigenvalue weighted by atomic mass is 35.5. The lowest BCUT2D eigenvalue weighted by Crippen LogP contribution is -2.47. The summed E-state index contributed by atoms with van der Waals surface area (Å²) in [5.74, 6) is -0.470. The lowest BCUT2D eigenvalue weighted by molar-refractivity contribution is -0.117. The lowest BCUT2D eigenvalue weighted by Gasteiger charge is -2.30. The van der Waals surface area contributed by atoms with E-state index in [4.69, 9.17) is 11.6 Å². The van der Waals surface area contributed by atoms with E-state index in [1.54, 1.807) is 50.4 Å². The average Bonchev–Trinajstić information content (AvgIpc) is 2.94. The number of benzene rings is 2. The van der Waals surface area contributed by atoms with Gasteiger partial charge >= 0.3 is 4.87 Å². The Hall–Kier alpha value is -2.36. The Morgan fingerprint density at radius 3 is 2.57 bits per heavy atom. The van der Waals surface area contributed by atoms with E-state index in [9.17, 15) is 18.0 Å². The molecule has 1 amide bonds. The number of aromatic nitrogens is 1. The van der Waals surface area contributed by atoms with Crippen LogP contribution in [0.4, 0.5) is 11.4 Å². The van der Waals surface area contributed by atoms with Crippen molar-refractivity contribution in [3.63, 3.8) is 0 Å². The summed E-state index contributed by atoms with van der Waals surface area (Å²) in [6.45, 7) is 3.55. The average molecular weight is 468 g/mol. The Morgan fingerprint density at radius 2 is 1.97 bits per heavy atom. The fraction of sp³-hybridized carbons (Fsp3) is 0.300. The first-order valence-corrected chi connectivity index (χ1v) is 12.2. The summed E-state index contributed by atoms with van der Waals surface area (Å²) in [7, 11) is -2.08. The van der Waals surface area contributed by atoms with Gasteiger partial charge in [-0.3, -0.25) is 13.9 Å². The van der Waals surface area contributed by atoms with Gasteiger partial charge in [0.1, 0.15) is 6.04 Å². The van der Waals surface area contributed by atoms with Gasteiger partial charge in [0, 0.05) is 17.8 Å². The van der Waals surface area contributed by atoms with Gasteiger partial charge < -0.3 is 9.88 Å². The van der Waals surface area contributed by atoms with Crippen LogP contribution in [0.15, 0.2) is 41.2 Å². The van der Waals surface area contributed by atoms with Crippen LogP contribution in [-0.2, 0) is 21.9 Å². The molecule has 0 spiro atoms. The summed E-state index contributed by atoms with van der Waals surface area (Å²) in [5.41, 5.74) is 2.39. The number of hydrogen-bond acceptors (Lipinski definition) is 5. The van der Waals surface area contributed by atoms with Crippen molar-refractivity contribution in [2.75, 3.05) is 15.9 Å². The number of hydrogen-bond donors (Lipinski definition) is 1. The van der Waals surface area contributed by atoms with Crippen LogP contribution >= 0.6 is 22.9 Å². The Morgan fingerprint density at radius 1 is 1.27 bits per heavy atom. The first-order valence-electron chi connectivity index (χ1n) is 9.19. The van der Waals surface area contributed by atoms with E-state index in [1.165, 1.54) is 4.57 Å². The minimum Gasteiger partial charge on any atom is -0.324 e. The molecule has 1 atom stereocenters. The van der Waals surface area contributed by atoms with E-state index in [1.807, 2.05) is 6.92 Å². The van der Waals surface area contributed by atoms with Gasteiger partial charge in [-0.2, -0.15) is 0 Å². The SMILES string of the molecule is CC[C@H](C(=O)Nc1ccc2c(c1)sc(=O)n2C)N(c1ccc(C)c(Cl)c1)S(C)(=O)=O. The van der Waals surface area contributed by atoms with E-state index in [-0.39, 0.29) is 11.3 Å². The topological polar surface area (TPSA) is 88.5 Å². The molecule has 0 fully saturated rings. The largest absolute Gasteiger partial charge is 0.324 e. The van der Waals surface area contributed by atoms with Crippen molar-refractivity contribution in [3.05, 3.63) is 56.7 Å². The van der Waals surface area contributed by atoms with Crippen LogP contribution < -0.4 is 14.5 Å². The van der Waals surface area contributed by atoms with Crippen molar-refractivity contribution in [2.45, 2.75) is 26.3 Å². The van der Waals surface area contributed by atoms with Crippen LogP contribution in [0.25, 0.3) is 10.2 Å². The molecule has 0 bridgehead atoms. The number of carbonyl (C=O) groups is 1. The number of amides is 1. The van der Waals surface area contributed by atoms with Gasteiger partial charge in [0.2, 0.25) is 15.9 Å². The maximum atomic E-state index is 13.1. The molecule has 0 saturated heterocycles. The highest BCUT2D eigenvalue weighted by Crippen LogP contribution is 2.28. The molecule has 30 heavy (non-hydrogen) atoms. The molecule has 0 unspecified atom stereocenters. The van der Waals surface area contributed by atoms with Gasteiger partial charge in [-0.25, -0.2) is 8.42 Å². The van der Waals surface area contributed by atoms with Crippen molar-refractivity contribution < 1.29 is 13.2 Å². The molecule has 3 rings (SSSR count). The van der Waals surface area contributed by atoms with Crippen LogP contribution in [0, 0.1) is 6.92 Å². The summed E-state index contributed by atoms with van der Waals surface area (Å²) in [4.78, 5) is 24.8. The molecule has 2 aromatic carbocycles. The van der Waals surface area contributed by atoms with Crippen molar-refractivity contribution in [1.82, 2.24) is 4.57 Å². The molecule has 7 nitrogen and oxygen atoms in total. The molecule has 3 aromatic rings. The van der Waals surface area contributed by atoms with Gasteiger partial charge in [-0.05, 0) is 49.2 Å². The molecule has 0 radical (unpaired) electrons. The standard InChI is InChI=1S/C20H22ClN3O4S2/c1-5-16(24(30(4,27)28)14-8-6-12(2)15(21)11-14)19(25)22-13-7-9-17-18(10-13)29-20(26)23(17)3/h6-11,16H,5H2,1-4H3,(H,22,25)/t16-/m1/s1. The molecule has 0 aliphatic rings. The number of fused-ring (bicyclic) bond motifs is 1. The van der Waals surface area contributed by atoms with E-state index >= 15 is 0 Å². The summed E-state index contributed by atoms with van der Waals surface area (Å²) < 4.78 is 28.5. The summed E-state index contributed by atoms with van der Waals surface area (Å²) in [5, 5.41) is 3.20. The first kappa shape index (κ1) is 22.3. The fourth-order valence-electron chi connectivity index (χ4n) is 3.22. The predicted molar refractivity (Wildman–Crippen MR) is 123 cm³/mol. The molecule has 1 N–H and O–H groups in total. The van der Waals surface area contributed by atoms with Crippen LogP contribution in [0.3, 0.4) is 0 Å². The van der Waals surface area contributed by atoms with Crippen LogP contribution in [0.5, 0.6) is 0 Å². The number of nitrogens with zero attached hydrogens (tertiary/aromatic N) is 2. The van der Waals surface area contributed by atoms with Gasteiger partial charge in [0.05, 0.1) is 22.2 Å². The normalized spacial score (nSPS) is 12.7. The molecule has 160 valence electrons. The zero-order valence-electron chi connectivity index (χ0n) is 17.0. The Bertz CT molecular complexity index is 1280. The monoisotopic (exact) mass is 467 g/mol. The van der Waals surface area contributed by atoms with Crippen LogP contribution in [-0.4, -0.2) is 31.2 Å². The molecule has 0 aliphatic carbocycles. The maximum Gasteiger partial charge on any atom is 0.307 e. The first-order chi connectivity index (χ1) is 14.0. The minimum atomic E-state index is -3.76. The van der Waals surface area contributed by atoms with Gasteiger partial charge in [0.15, 0.2) is 0 Å². The van der Waals surface area contributed by atoms with Gasteiger partial charge in [0.25, 0.3) is 0 Å². The van der Waals surface area contributed by atoms with Crippen LogP contribution in [0.1, 0.15) is 18.9 Å². The second-order valence-electron chi connectivity index (χ2n) is 7.02. The van der Waals surface area contributed by atoms with Crippen molar-refractivity contribution in [2.24, 2.45) is 7.05 Å². The Balaban J connectivity index is 1.96. The number of nitrogens with one attached hydrogen (secondary N) is 1. The fourth-order valence-corrected chi connectivity index (χ4v) is 5.51. The molecule has 1 heterocycles. The van der Waals surface area contributed by atoms with Crippen molar-refractivity contribution >= 4 is 60.5 Å². The van der Waals surface area contributed by atoms with E-state index in [2.05, 4.69) is 5.32 Å². The number of sulfonamides is 1. The third-order valence-corrected chi connectivity index (χ3v) is 7.38. The number of carbonyl (C=O) groups excluding carboxylic acids is 1. The van der Waals surface area contributed by atoms with Gasteiger partial charge in [-0.15, -0.1) is 0 Å². The Labute approximate surface area is 183 Å². The zero-order valence-corrected chi connectivity index (χ0v) is 19.4. The highest BCUT2D eigenvalue weighted by Gasteiger charge is 2.32. The van der Waals surface area contributed by atoms with Gasteiger partial charge in [-0.1, -0.05) is 35.9 Å². The quantitative estimate of drug-likeness (QED) is 0.598. The predicted octanol–water partition coefficient (Wildman–Crippen LogP) is 3.75. The smallest absolute Gasteiger partial charge is 0.307 e. The number of rotatable bonds is 6. The molecule has 0 saturated carbocycles. The van der Waals surface area contributed by atoms with Crippen molar-refractivity contribution in [1.29, 1.82) is 0 Å². The van der Waals surface area contributed by atoms with E-state index in [0.717, 1.165) is 37.7 Å². The molecule has 1 aromatic heterocycles. The number of aryl methyl sites for hydroxylation is 2. The molecule has 10 heteroatoms. The highest BCUT2D eigenvalue weighted by molar-refractivity contribution is 7.92. The second-order valence-corrected chi connectivity index (χ2v) is 10.3. The molecule has 0 aliphatic heterocycles. The molecular weight excluding hydrogens is 446 g/mol. The second kappa shape index (κ2) is 8.41. The lowest BCUT2D eigenvalue weighted by atomic mass is 10.1. The summed E-state index contributed by atoms with van der Waals surface area (Å²) in [6, 6.07) is 9.06. The third kappa shape index (κ3) is 4.38. The van der Waals surface area contributed by atoms with Crippen molar-refractivity contribution in [3.8, 4) is 0 Å². The number of thiazole rings is 1. The minimum absolute atomic E-state index is 0.0978. The molecular formula is C20H22ClN3O4S2.